The number of allylic oxidation sites excluding steroid dienone is 1. The van der Waals surface area contributed by atoms with Crippen molar-refractivity contribution < 1.29 is 9.90 Å². The van der Waals surface area contributed by atoms with Crippen molar-refractivity contribution in [3.05, 3.63) is 27.4 Å². The monoisotopic (exact) mass is 271 g/mol. The molecule has 0 atom stereocenters. The Bertz CT molecular complexity index is 435. The van der Waals surface area contributed by atoms with Gasteiger partial charge in [-0.2, -0.15) is 0 Å². The van der Waals surface area contributed by atoms with Gasteiger partial charge in [-0.1, -0.05) is 11.6 Å². The molecule has 1 aliphatic rings. The summed E-state index contributed by atoms with van der Waals surface area (Å²) < 4.78 is 0.699. The minimum Gasteiger partial charge on any atom is -0.478 e. The molecule has 1 fully saturated rings. The Morgan fingerprint density at radius 3 is 2.71 bits per heavy atom. The molecular formula is C12H14ClNO2S. The molecule has 0 aromatic carbocycles. The number of aliphatic carboxylic acids is 1. The van der Waals surface area contributed by atoms with Crippen molar-refractivity contribution >= 4 is 34.5 Å². The summed E-state index contributed by atoms with van der Waals surface area (Å²) in [5, 5.41) is 12.2. The van der Waals surface area contributed by atoms with Gasteiger partial charge >= 0.3 is 5.97 Å². The van der Waals surface area contributed by atoms with Crippen LogP contribution >= 0.6 is 22.9 Å². The first-order valence-corrected chi connectivity index (χ1v) is 6.77. The highest BCUT2D eigenvalue weighted by atomic mass is 35.5. The van der Waals surface area contributed by atoms with E-state index in [1.54, 1.807) is 0 Å². The van der Waals surface area contributed by atoms with E-state index >= 15 is 0 Å². The Labute approximate surface area is 109 Å². The molecule has 1 saturated heterocycles. The molecule has 0 bridgehead atoms. The van der Waals surface area contributed by atoms with Crippen LogP contribution in [0, 0.1) is 5.92 Å². The van der Waals surface area contributed by atoms with Crippen LogP contribution in [-0.2, 0) is 4.79 Å². The molecule has 2 N–H and O–H groups in total. The predicted molar refractivity (Wildman–Crippen MR) is 70.5 cm³/mol. The van der Waals surface area contributed by atoms with Crippen LogP contribution in [0.4, 0.5) is 0 Å². The van der Waals surface area contributed by atoms with Gasteiger partial charge in [-0.15, -0.1) is 11.3 Å². The molecule has 1 aromatic rings. The zero-order valence-corrected chi connectivity index (χ0v) is 10.9. The minimum absolute atomic E-state index is 0.321. The van der Waals surface area contributed by atoms with Crippen LogP contribution in [0.2, 0.25) is 4.34 Å². The molecule has 2 heterocycles. The summed E-state index contributed by atoms with van der Waals surface area (Å²) in [5.41, 5.74) is 0.913. The Kier molecular flexibility index (Phi) is 4.20. The van der Waals surface area contributed by atoms with E-state index in [1.165, 1.54) is 17.4 Å². The molecule has 1 aromatic heterocycles. The number of rotatable bonds is 3. The SMILES string of the molecule is O=C(O)/C=C(/c1ccc(Cl)s1)C1CCNCC1. The van der Waals surface area contributed by atoms with Gasteiger partial charge < -0.3 is 10.4 Å². The van der Waals surface area contributed by atoms with Crippen LogP contribution < -0.4 is 5.32 Å². The maximum Gasteiger partial charge on any atom is 0.328 e. The maximum absolute atomic E-state index is 10.9. The van der Waals surface area contributed by atoms with E-state index in [0.29, 0.717) is 10.3 Å². The van der Waals surface area contributed by atoms with Crippen LogP contribution in [0.3, 0.4) is 0 Å². The molecule has 5 heteroatoms. The lowest BCUT2D eigenvalue weighted by atomic mass is 9.88. The molecule has 0 unspecified atom stereocenters. The highest BCUT2D eigenvalue weighted by Gasteiger charge is 2.21. The topological polar surface area (TPSA) is 49.3 Å². The van der Waals surface area contributed by atoms with E-state index in [-0.39, 0.29) is 0 Å². The van der Waals surface area contributed by atoms with Gasteiger partial charge in [-0.3, -0.25) is 0 Å². The fourth-order valence-corrected chi connectivity index (χ4v) is 3.26. The van der Waals surface area contributed by atoms with Crippen LogP contribution in [0.5, 0.6) is 0 Å². The summed E-state index contributed by atoms with van der Waals surface area (Å²) in [6.07, 6.45) is 3.29. The van der Waals surface area contributed by atoms with E-state index in [1.807, 2.05) is 12.1 Å². The standard InChI is InChI=1S/C12H14ClNO2S/c13-11-2-1-10(17-11)9(7-12(15)16)8-3-5-14-6-4-8/h1-2,7-8,14H,3-6H2,(H,15,16)/b9-7+. The van der Waals surface area contributed by atoms with Gasteiger partial charge in [0.1, 0.15) is 0 Å². The molecule has 2 rings (SSSR count). The molecule has 0 saturated carbocycles. The third kappa shape index (κ3) is 3.31. The molecule has 92 valence electrons. The number of nitrogens with one attached hydrogen (secondary N) is 1. The molecule has 1 aliphatic heterocycles. The second-order valence-electron chi connectivity index (χ2n) is 4.07. The molecule has 0 radical (unpaired) electrons. The largest absolute Gasteiger partial charge is 0.478 e. The molecule has 0 spiro atoms. The van der Waals surface area contributed by atoms with Crippen molar-refractivity contribution in [2.45, 2.75) is 12.8 Å². The number of carboxylic acids is 1. The minimum atomic E-state index is -0.886. The summed E-state index contributed by atoms with van der Waals surface area (Å²) in [6.45, 7) is 1.89. The molecule has 3 nitrogen and oxygen atoms in total. The van der Waals surface area contributed by atoms with Gasteiger partial charge in [0.05, 0.1) is 4.34 Å². The highest BCUT2D eigenvalue weighted by molar-refractivity contribution is 7.17. The summed E-state index contributed by atoms with van der Waals surface area (Å²) in [6, 6.07) is 3.72. The van der Waals surface area contributed by atoms with Crippen LogP contribution in [0.25, 0.3) is 5.57 Å². The average molecular weight is 272 g/mol. The van der Waals surface area contributed by atoms with Gasteiger partial charge in [0, 0.05) is 11.0 Å². The van der Waals surface area contributed by atoms with Crippen LogP contribution in [0.1, 0.15) is 17.7 Å². The van der Waals surface area contributed by atoms with Crippen molar-refractivity contribution in [2.24, 2.45) is 5.92 Å². The Morgan fingerprint density at radius 1 is 1.47 bits per heavy atom. The van der Waals surface area contributed by atoms with Gasteiger partial charge in [0.25, 0.3) is 0 Å². The Hall–Kier alpha value is -0.840. The third-order valence-corrected chi connectivity index (χ3v) is 4.20. The fourth-order valence-electron chi connectivity index (χ4n) is 2.13. The van der Waals surface area contributed by atoms with E-state index in [2.05, 4.69) is 5.32 Å². The first kappa shape index (κ1) is 12.6. The number of carboxylic acid groups (broad SMARTS) is 1. The highest BCUT2D eigenvalue weighted by Crippen LogP contribution is 2.35. The average Bonchev–Trinajstić information content (AvgIpc) is 2.73. The van der Waals surface area contributed by atoms with Crippen molar-refractivity contribution in [3.8, 4) is 0 Å². The number of halogens is 1. The molecular weight excluding hydrogens is 258 g/mol. The lowest BCUT2D eigenvalue weighted by molar-refractivity contribution is -0.131. The number of carbonyl (C=O) groups is 1. The lowest BCUT2D eigenvalue weighted by Crippen LogP contribution is -2.28. The predicted octanol–water partition coefficient (Wildman–Crippen LogP) is 2.87. The fraction of sp³-hybridized carbons (Fsp3) is 0.417. The van der Waals surface area contributed by atoms with E-state index in [4.69, 9.17) is 16.7 Å². The summed E-state index contributed by atoms with van der Waals surface area (Å²) >= 11 is 7.36. The van der Waals surface area contributed by atoms with Crippen LogP contribution in [0.15, 0.2) is 18.2 Å². The van der Waals surface area contributed by atoms with Crippen molar-refractivity contribution in [3.63, 3.8) is 0 Å². The third-order valence-electron chi connectivity index (χ3n) is 2.92. The number of piperidine rings is 1. The zero-order chi connectivity index (χ0) is 12.3. The molecule has 0 aliphatic carbocycles. The van der Waals surface area contributed by atoms with Gasteiger partial charge in [0.15, 0.2) is 0 Å². The molecule has 17 heavy (non-hydrogen) atoms. The van der Waals surface area contributed by atoms with Crippen molar-refractivity contribution in [2.75, 3.05) is 13.1 Å². The molecule has 0 amide bonds. The van der Waals surface area contributed by atoms with E-state index in [9.17, 15) is 4.79 Å². The smallest absolute Gasteiger partial charge is 0.328 e. The number of hydrogen-bond donors (Lipinski definition) is 2. The second-order valence-corrected chi connectivity index (χ2v) is 5.78. The Balaban J connectivity index is 2.27. The van der Waals surface area contributed by atoms with Crippen LogP contribution in [-0.4, -0.2) is 24.2 Å². The van der Waals surface area contributed by atoms with Gasteiger partial charge in [-0.05, 0) is 49.6 Å². The van der Waals surface area contributed by atoms with E-state index < -0.39 is 5.97 Å². The number of hydrogen-bond acceptors (Lipinski definition) is 3. The summed E-state index contributed by atoms with van der Waals surface area (Å²) in [5.74, 6) is -0.565. The normalized spacial score (nSPS) is 18.3. The maximum atomic E-state index is 10.9. The first-order valence-electron chi connectivity index (χ1n) is 5.58. The summed E-state index contributed by atoms with van der Waals surface area (Å²) in [4.78, 5) is 11.9. The van der Waals surface area contributed by atoms with Crippen molar-refractivity contribution in [1.82, 2.24) is 5.32 Å². The van der Waals surface area contributed by atoms with Gasteiger partial charge in [-0.25, -0.2) is 4.79 Å². The quantitative estimate of drug-likeness (QED) is 0.831. The van der Waals surface area contributed by atoms with E-state index in [0.717, 1.165) is 36.4 Å². The zero-order valence-electron chi connectivity index (χ0n) is 9.28. The van der Waals surface area contributed by atoms with Crippen molar-refractivity contribution in [1.29, 1.82) is 0 Å². The summed E-state index contributed by atoms with van der Waals surface area (Å²) in [7, 11) is 0. The Morgan fingerprint density at radius 2 is 2.18 bits per heavy atom. The van der Waals surface area contributed by atoms with Gasteiger partial charge in [0.2, 0.25) is 0 Å². The first-order chi connectivity index (χ1) is 8.16. The lowest BCUT2D eigenvalue weighted by Gasteiger charge is -2.24. The second kappa shape index (κ2) is 5.67. The number of thiophene rings is 1.